The third-order valence-electron chi connectivity index (χ3n) is 3.91. The molecule has 0 saturated carbocycles. The Morgan fingerprint density at radius 3 is 2.48 bits per heavy atom. The molecule has 1 aromatic carbocycles. The lowest BCUT2D eigenvalue weighted by atomic mass is 10.0. The SMILES string of the molecule is CC(C)C[C@H](NC(=O)c1cc2ccccc2s1)C(=O)NCCCNC(=O)O. The highest BCUT2D eigenvalue weighted by Gasteiger charge is 2.23. The summed E-state index contributed by atoms with van der Waals surface area (Å²) in [6.07, 6.45) is -0.0818. The first-order valence-electron chi connectivity index (χ1n) is 8.90. The number of benzene rings is 1. The molecule has 2 aromatic rings. The lowest BCUT2D eigenvalue weighted by Crippen LogP contribution is -2.47. The second-order valence-corrected chi connectivity index (χ2v) is 7.76. The number of thiophene rings is 1. The topological polar surface area (TPSA) is 108 Å². The van der Waals surface area contributed by atoms with Crippen molar-refractivity contribution >= 4 is 39.3 Å². The average Bonchev–Trinajstić information content (AvgIpc) is 3.04. The maximum absolute atomic E-state index is 12.6. The molecule has 0 aliphatic carbocycles. The summed E-state index contributed by atoms with van der Waals surface area (Å²) >= 11 is 1.40. The molecule has 4 N–H and O–H groups in total. The number of carbonyl (C=O) groups is 3. The van der Waals surface area contributed by atoms with Gasteiger partial charge in [-0.15, -0.1) is 11.3 Å². The van der Waals surface area contributed by atoms with Gasteiger partial charge in [0.05, 0.1) is 4.88 Å². The summed E-state index contributed by atoms with van der Waals surface area (Å²) < 4.78 is 1.03. The Balaban J connectivity index is 1.94. The summed E-state index contributed by atoms with van der Waals surface area (Å²) in [7, 11) is 0. The fourth-order valence-corrected chi connectivity index (χ4v) is 3.61. The van der Waals surface area contributed by atoms with Gasteiger partial charge in [-0.3, -0.25) is 9.59 Å². The smallest absolute Gasteiger partial charge is 0.404 e. The predicted octanol–water partition coefficient (Wildman–Crippen LogP) is 2.82. The van der Waals surface area contributed by atoms with E-state index in [1.54, 1.807) is 0 Å². The van der Waals surface area contributed by atoms with E-state index in [0.29, 0.717) is 24.3 Å². The number of fused-ring (bicyclic) bond motifs is 1. The van der Waals surface area contributed by atoms with E-state index >= 15 is 0 Å². The maximum atomic E-state index is 12.6. The van der Waals surface area contributed by atoms with Crippen LogP contribution in [0, 0.1) is 5.92 Å². The van der Waals surface area contributed by atoms with Gasteiger partial charge in [-0.1, -0.05) is 32.0 Å². The predicted molar refractivity (Wildman–Crippen MR) is 106 cm³/mol. The molecule has 0 unspecified atom stereocenters. The largest absolute Gasteiger partial charge is 0.465 e. The normalized spacial score (nSPS) is 12.0. The first kappa shape index (κ1) is 20.7. The summed E-state index contributed by atoms with van der Waals surface area (Å²) in [5.41, 5.74) is 0. The third-order valence-corrected chi connectivity index (χ3v) is 5.02. The van der Waals surface area contributed by atoms with E-state index in [1.807, 2.05) is 44.2 Å². The summed E-state index contributed by atoms with van der Waals surface area (Å²) in [5.74, 6) is -0.282. The molecular weight excluding hydrogens is 366 g/mol. The lowest BCUT2D eigenvalue weighted by molar-refractivity contribution is -0.123. The summed E-state index contributed by atoms with van der Waals surface area (Å²) in [6, 6.07) is 8.96. The van der Waals surface area contributed by atoms with Crippen molar-refractivity contribution in [2.75, 3.05) is 13.1 Å². The van der Waals surface area contributed by atoms with Crippen molar-refractivity contribution in [2.45, 2.75) is 32.7 Å². The van der Waals surface area contributed by atoms with E-state index in [2.05, 4.69) is 16.0 Å². The zero-order chi connectivity index (χ0) is 19.8. The van der Waals surface area contributed by atoms with Gasteiger partial charge in [-0.2, -0.15) is 0 Å². The zero-order valence-electron chi connectivity index (χ0n) is 15.5. The lowest BCUT2D eigenvalue weighted by Gasteiger charge is -2.20. The van der Waals surface area contributed by atoms with Crippen LogP contribution in [0.2, 0.25) is 0 Å². The zero-order valence-corrected chi connectivity index (χ0v) is 16.3. The minimum atomic E-state index is -1.09. The molecule has 27 heavy (non-hydrogen) atoms. The molecule has 146 valence electrons. The Hall–Kier alpha value is -2.61. The second-order valence-electron chi connectivity index (χ2n) is 6.68. The molecule has 0 aliphatic heterocycles. The van der Waals surface area contributed by atoms with Crippen LogP contribution in [0.4, 0.5) is 4.79 Å². The van der Waals surface area contributed by atoms with Crippen molar-refractivity contribution in [3.63, 3.8) is 0 Å². The van der Waals surface area contributed by atoms with Crippen molar-refractivity contribution in [3.05, 3.63) is 35.2 Å². The van der Waals surface area contributed by atoms with Gasteiger partial charge in [0.25, 0.3) is 5.91 Å². The molecule has 0 saturated heterocycles. The first-order chi connectivity index (χ1) is 12.9. The molecule has 3 amide bonds. The minimum Gasteiger partial charge on any atom is -0.465 e. The highest BCUT2D eigenvalue weighted by atomic mass is 32.1. The molecule has 1 aromatic heterocycles. The van der Waals surface area contributed by atoms with Gasteiger partial charge in [0.1, 0.15) is 6.04 Å². The van der Waals surface area contributed by atoms with Crippen LogP contribution in [-0.4, -0.2) is 42.1 Å². The van der Waals surface area contributed by atoms with Gasteiger partial charge in [-0.05, 0) is 36.3 Å². The highest BCUT2D eigenvalue weighted by Crippen LogP contribution is 2.25. The molecule has 2 rings (SSSR count). The second kappa shape index (κ2) is 9.91. The molecule has 0 radical (unpaired) electrons. The number of hydrogen-bond donors (Lipinski definition) is 4. The van der Waals surface area contributed by atoms with Crippen LogP contribution in [-0.2, 0) is 4.79 Å². The standard InChI is InChI=1S/C19H25N3O4S/c1-12(2)10-14(17(23)20-8-5-9-21-19(25)26)22-18(24)16-11-13-6-3-4-7-15(13)27-16/h3-4,6-7,11-12,14,21H,5,8-10H2,1-2H3,(H,20,23)(H,22,24)(H,25,26)/t14-/m0/s1. The number of nitrogens with one attached hydrogen (secondary N) is 3. The fourth-order valence-electron chi connectivity index (χ4n) is 2.64. The summed E-state index contributed by atoms with van der Waals surface area (Å²) in [6.45, 7) is 4.58. The van der Waals surface area contributed by atoms with E-state index in [-0.39, 0.29) is 24.3 Å². The van der Waals surface area contributed by atoms with Crippen molar-refractivity contribution in [2.24, 2.45) is 5.92 Å². The van der Waals surface area contributed by atoms with Crippen molar-refractivity contribution in [3.8, 4) is 0 Å². The quantitative estimate of drug-likeness (QED) is 0.493. The third kappa shape index (κ3) is 6.56. The monoisotopic (exact) mass is 391 g/mol. The number of rotatable bonds is 9. The molecule has 1 heterocycles. The number of carboxylic acid groups (broad SMARTS) is 1. The van der Waals surface area contributed by atoms with E-state index in [4.69, 9.17) is 5.11 Å². The molecule has 1 atom stereocenters. The van der Waals surface area contributed by atoms with E-state index in [1.165, 1.54) is 11.3 Å². The molecule has 7 nitrogen and oxygen atoms in total. The summed E-state index contributed by atoms with van der Waals surface area (Å²) in [4.78, 5) is 36.0. The van der Waals surface area contributed by atoms with Gasteiger partial charge in [0, 0.05) is 17.8 Å². The van der Waals surface area contributed by atoms with Crippen molar-refractivity contribution in [1.82, 2.24) is 16.0 Å². The van der Waals surface area contributed by atoms with Gasteiger partial charge < -0.3 is 21.1 Å². The van der Waals surface area contributed by atoms with Crippen LogP contribution in [0.15, 0.2) is 30.3 Å². The molecule has 0 spiro atoms. The van der Waals surface area contributed by atoms with Gasteiger partial charge in [0.2, 0.25) is 5.91 Å². The van der Waals surface area contributed by atoms with Crippen LogP contribution >= 0.6 is 11.3 Å². The Labute approximate surface area is 162 Å². The highest BCUT2D eigenvalue weighted by molar-refractivity contribution is 7.20. The first-order valence-corrected chi connectivity index (χ1v) is 9.72. The minimum absolute atomic E-state index is 0.233. The van der Waals surface area contributed by atoms with Gasteiger partial charge in [-0.25, -0.2) is 4.79 Å². The van der Waals surface area contributed by atoms with Gasteiger partial charge in [0.15, 0.2) is 0 Å². The van der Waals surface area contributed by atoms with Crippen LogP contribution in [0.1, 0.15) is 36.4 Å². The molecule has 8 heteroatoms. The fraction of sp³-hybridized carbons (Fsp3) is 0.421. The average molecular weight is 391 g/mol. The summed E-state index contributed by atoms with van der Waals surface area (Å²) in [5, 5.41) is 17.4. The van der Waals surface area contributed by atoms with Crippen LogP contribution in [0.5, 0.6) is 0 Å². The molecule has 0 bridgehead atoms. The Morgan fingerprint density at radius 1 is 1.11 bits per heavy atom. The van der Waals surface area contributed by atoms with Crippen molar-refractivity contribution < 1.29 is 19.5 Å². The maximum Gasteiger partial charge on any atom is 0.404 e. The van der Waals surface area contributed by atoms with Crippen LogP contribution < -0.4 is 16.0 Å². The van der Waals surface area contributed by atoms with E-state index < -0.39 is 12.1 Å². The number of amides is 3. The number of hydrogen-bond acceptors (Lipinski definition) is 4. The Kier molecular flexibility index (Phi) is 7.60. The Bertz CT molecular complexity index is 770. The Morgan fingerprint density at radius 2 is 1.81 bits per heavy atom. The van der Waals surface area contributed by atoms with Crippen LogP contribution in [0.25, 0.3) is 10.1 Å². The molecule has 0 aliphatic rings. The molecular formula is C19H25N3O4S. The molecule has 0 fully saturated rings. The van der Waals surface area contributed by atoms with Gasteiger partial charge >= 0.3 is 6.09 Å². The van der Waals surface area contributed by atoms with E-state index in [9.17, 15) is 14.4 Å². The van der Waals surface area contributed by atoms with E-state index in [0.717, 1.165) is 10.1 Å². The van der Waals surface area contributed by atoms with Crippen molar-refractivity contribution in [1.29, 1.82) is 0 Å². The number of carbonyl (C=O) groups excluding carboxylic acids is 2. The van der Waals surface area contributed by atoms with Crippen LogP contribution in [0.3, 0.4) is 0 Å².